The van der Waals surface area contributed by atoms with Crippen LogP contribution in [-0.2, 0) is 0 Å². The van der Waals surface area contributed by atoms with E-state index in [9.17, 15) is 5.11 Å². The zero-order chi connectivity index (χ0) is 7.40. The van der Waals surface area contributed by atoms with E-state index in [2.05, 4.69) is 12.2 Å². The third kappa shape index (κ3) is 2.27. The van der Waals surface area contributed by atoms with Crippen molar-refractivity contribution in [3.8, 4) is 0 Å². The van der Waals surface area contributed by atoms with Crippen molar-refractivity contribution in [1.29, 1.82) is 0 Å². The molecule has 0 spiro atoms. The molecule has 59 valence electrons. The average molecular weight is 142 g/mol. The van der Waals surface area contributed by atoms with E-state index in [-0.39, 0.29) is 6.10 Å². The zero-order valence-corrected chi connectivity index (χ0v) is 6.58. The molecule has 0 bridgehead atoms. The summed E-state index contributed by atoms with van der Waals surface area (Å²) in [5, 5.41) is 13.6. The quantitative estimate of drug-likeness (QED) is 0.611. The van der Waals surface area contributed by atoms with E-state index >= 15 is 0 Å². The molecular formula is C8H16NO. The zero-order valence-electron chi connectivity index (χ0n) is 6.58. The van der Waals surface area contributed by atoms with Gasteiger partial charge >= 0.3 is 0 Å². The summed E-state index contributed by atoms with van der Waals surface area (Å²) in [7, 11) is 0. The fourth-order valence-electron chi connectivity index (χ4n) is 1.56. The molecule has 10 heavy (non-hydrogen) atoms. The van der Waals surface area contributed by atoms with Gasteiger partial charge in [0.25, 0.3) is 0 Å². The minimum atomic E-state index is -0.0750. The summed E-state index contributed by atoms with van der Waals surface area (Å²) in [4.78, 5) is 0. The van der Waals surface area contributed by atoms with Crippen LogP contribution in [0.2, 0.25) is 0 Å². The summed E-state index contributed by atoms with van der Waals surface area (Å²) in [6.07, 6.45) is 4.14. The molecule has 0 aromatic carbocycles. The summed E-state index contributed by atoms with van der Waals surface area (Å²) in [6.45, 7) is 2.96. The van der Waals surface area contributed by atoms with Gasteiger partial charge in [-0.05, 0) is 25.7 Å². The molecule has 0 aliphatic heterocycles. The van der Waals surface area contributed by atoms with Gasteiger partial charge in [0.1, 0.15) is 0 Å². The monoisotopic (exact) mass is 142 g/mol. The smallest absolute Gasteiger partial charge is 0.0555 e. The Morgan fingerprint density at radius 1 is 1.50 bits per heavy atom. The van der Waals surface area contributed by atoms with Gasteiger partial charge in [-0.25, -0.2) is 5.32 Å². The highest BCUT2D eigenvalue weighted by molar-refractivity contribution is 4.76. The number of aliphatic hydroxyl groups is 1. The second-order valence-electron chi connectivity index (χ2n) is 2.97. The molecule has 1 aliphatic rings. The molecule has 0 heterocycles. The maximum atomic E-state index is 9.25. The van der Waals surface area contributed by atoms with Crippen LogP contribution in [0.5, 0.6) is 0 Å². The molecule has 2 heteroatoms. The summed E-state index contributed by atoms with van der Waals surface area (Å²) in [5.41, 5.74) is 0. The number of hydrogen-bond acceptors (Lipinski definition) is 1. The van der Waals surface area contributed by atoms with Crippen LogP contribution in [0.15, 0.2) is 0 Å². The van der Waals surface area contributed by atoms with Gasteiger partial charge in [0, 0.05) is 12.6 Å². The minimum absolute atomic E-state index is 0.0750. The molecule has 0 amide bonds. The Hall–Kier alpha value is -0.0800. The lowest BCUT2D eigenvalue weighted by molar-refractivity contribution is 0.111. The summed E-state index contributed by atoms with van der Waals surface area (Å²) in [6, 6.07) is 0.453. The van der Waals surface area contributed by atoms with Crippen molar-refractivity contribution in [2.75, 3.05) is 6.54 Å². The van der Waals surface area contributed by atoms with Crippen molar-refractivity contribution in [2.24, 2.45) is 0 Å². The van der Waals surface area contributed by atoms with Crippen LogP contribution in [0, 0.1) is 0 Å². The SMILES string of the molecule is CC[N]C1CCCC(O)C1. The predicted molar refractivity (Wildman–Crippen MR) is 40.9 cm³/mol. The average Bonchev–Trinajstić information content (AvgIpc) is 1.88. The van der Waals surface area contributed by atoms with Crippen molar-refractivity contribution < 1.29 is 5.11 Å². The van der Waals surface area contributed by atoms with Gasteiger partial charge in [0.05, 0.1) is 6.10 Å². The van der Waals surface area contributed by atoms with Gasteiger partial charge in [-0.2, -0.15) is 0 Å². The third-order valence-corrected chi connectivity index (χ3v) is 2.06. The normalized spacial score (nSPS) is 34.2. The van der Waals surface area contributed by atoms with Crippen LogP contribution in [0.3, 0.4) is 0 Å². The largest absolute Gasteiger partial charge is 0.393 e. The Morgan fingerprint density at radius 2 is 2.30 bits per heavy atom. The van der Waals surface area contributed by atoms with Crippen LogP contribution in [0.1, 0.15) is 32.6 Å². The first kappa shape index (κ1) is 8.02. The second kappa shape index (κ2) is 3.94. The molecule has 1 N–H and O–H groups in total. The maximum Gasteiger partial charge on any atom is 0.0555 e. The van der Waals surface area contributed by atoms with Crippen molar-refractivity contribution in [3.63, 3.8) is 0 Å². The van der Waals surface area contributed by atoms with Crippen molar-refractivity contribution in [3.05, 3.63) is 0 Å². The van der Waals surface area contributed by atoms with E-state index in [1.807, 2.05) is 0 Å². The van der Waals surface area contributed by atoms with E-state index in [0.29, 0.717) is 6.04 Å². The molecule has 0 aromatic heterocycles. The molecule has 1 aliphatic carbocycles. The lowest BCUT2D eigenvalue weighted by atomic mass is 9.93. The highest BCUT2D eigenvalue weighted by Gasteiger charge is 2.19. The van der Waals surface area contributed by atoms with Crippen molar-refractivity contribution in [1.82, 2.24) is 5.32 Å². The molecule has 2 nitrogen and oxygen atoms in total. The predicted octanol–water partition coefficient (Wildman–Crippen LogP) is 0.914. The maximum absolute atomic E-state index is 9.25. The lowest BCUT2D eigenvalue weighted by Crippen LogP contribution is -2.31. The van der Waals surface area contributed by atoms with E-state index in [0.717, 1.165) is 25.8 Å². The standard InChI is InChI=1S/C8H16NO/c1-2-9-7-4-3-5-8(10)6-7/h7-8,10H,2-6H2,1H3. The van der Waals surface area contributed by atoms with Gasteiger partial charge in [-0.15, -0.1) is 0 Å². The highest BCUT2D eigenvalue weighted by atomic mass is 16.3. The first-order chi connectivity index (χ1) is 4.83. The van der Waals surface area contributed by atoms with E-state index < -0.39 is 0 Å². The summed E-state index contributed by atoms with van der Waals surface area (Å²) < 4.78 is 0. The van der Waals surface area contributed by atoms with Crippen molar-refractivity contribution in [2.45, 2.75) is 44.8 Å². The van der Waals surface area contributed by atoms with Crippen LogP contribution >= 0.6 is 0 Å². The molecule has 2 atom stereocenters. The first-order valence-electron chi connectivity index (χ1n) is 4.17. The Morgan fingerprint density at radius 3 is 2.90 bits per heavy atom. The molecule has 1 rings (SSSR count). The molecule has 0 aromatic rings. The van der Waals surface area contributed by atoms with Crippen LogP contribution in [0.4, 0.5) is 0 Å². The van der Waals surface area contributed by atoms with Crippen LogP contribution < -0.4 is 5.32 Å². The fraction of sp³-hybridized carbons (Fsp3) is 1.00. The number of aliphatic hydroxyl groups excluding tert-OH is 1. The van der Waals surface area contributed by atoms with Crippen LogP contribution in [0.25, 0.3) is 0 Å². The number of hydrogen-bond donors (Lipinski definition) is 1. The molecule has 1 radical (unpaired) electrons. The Balaban J connectivity index is 2.18. The van der Waals surface area contributed by atoms with Crippen molar-refractivity contribution >= 4 is 0 Å². The van der Waals surface area contributed by atoms with Gasteiger partial charge in [-0.3, -0.25) is 0 Å². The first-order valence-corrected chi connectivity index (χ1v) is 4.17. The van der Waals surface area contributed by atoms with E-state index in [4.69, 9.17) is 0 Å². The Labute approximate surface area is 62.6 Å². The highest BCUT2D eigenvalue weighted by Crippen LogP contribution is 2.18. The number of nitrogens with zero attached hydrogens (tertiary/aromatic N) is 1. The topological polar surface area (TPSA) is 34.3 Å². The summed E-state index contributed by atoms with van der Waals surface area (Å²) in [5.74, 6) is 0. The van der Waals surface area contributed by atoms with Gasteiger partial charge < -0.3 is 5.11 Å². The van der Waals surface area contributed by atoms with Gasteiger partial charge in [-0.1, -0.05) is 6.92 Å². The van der Waals surface area contributed by atoms with E-state index in [1.165, 1.54) is 6.42 Å². The molecule has 0 saturated heterocycles. The third-order valence-electron chi connectivity index (χ3n) is 2.06. The molecule has 1 fully saturated rings. The molecule has 2 unspecified atom stereocenters. The fourth-order valence-corrected chi connectivity index (χ4v) is 1.56. The second-order valence-corrected chi connectivity index (χ2v) is 2.97. The molecule has 1 saturated carbocycles. The minimum Gasteiger partial charge on any atom is -0.393 e. The molecular weight excluding hydrogens is 126 g/mol. The van der Waals surface area contributed by atoms with Crippen LogP contribution in [-0.4, -0.2) is 23.8 Å². The Kier molecular flexibility index (Phi) is 3.16. The summed E-state index contributed by atoms with van der Waals surface area (Å²) >= 11 is 0. The lowest BCUT2D eigenvalue weighted by Gasteiger charge is -2.24. The Bertz CT molecular complexity index is 93.3. The van der Waals surface area contributed by atoms with Gasteiger partial charge in [0.2, 0.25) is 0 Å². The van der Waals surface area contributed by atoms with Gasteiger partial charge in [0.15, 0.2) is 0 Å². The number of rotatable bonds is 2. The van der Waals surface area contributed by atoms with E-state index in [1.54, 1.807) is 0 Å².